The van der Waals surface area contributed by atoms with Crippen molar-refractivity contribution in [2.24, 2.45) is 0 Å². The summed E-state index contributed by atoms with van der Waals surface area (Å²) in [5.74, 6) is 1.94. The molecular weight excluding hydrogens is 208 g/mol. The van der Waals surface area contributed by atoms with Crippen molar-refractivity contribution >= 4 is 17.7 Å². The van der Waals surface area contributed by atoms with Crippen molar-refractivity contribution in [1.82, 2.24) is 5.32 Å². The predicted octanol–water partition coefficient (Wildman–Crippen LogP) is 1.15. The Balaban J connectivity index is 3.35. The number of quaternary nitrogens is 1. The Hall–Kier alpha value is -0.220. The Morgan fingerprint density at radius 3 is 2.47 bits per heavy atom. The van der Waals surface area contributed by atoms with E-state index >= 15 is 0 Å². The first kappa shape index (κ1) is 14.8. The second kappa shape index (κ2) is 7.12. The molecule has 0 saturated carbocycles. The van der Waals surface area contributed by atoms with Crippen molar-refractivity contribution in [3.8, 4) is 0 Å². The highest BCUT2D eigenvalue weighted by molar-refractivity contribution is 7.99. The first-order valence-corrected chi connectivity index (χ1v) is 6.48. The van der Waals surface area contributed by atoms with Gasteiger partial charge in [0, 0.05) is 17.5 Å². The standard InChI is InChI=1S/C11H23N2OS/c1-10(2)12-11(14)6-8-15-9-7-13(3,4)5/h6,10H,7-9H2,1-5H3/p+1. The minimum absolute atomic E-state index is 0.0442. The van der Waals surface area contributed by atoms with E-state index in [2.05, 4.69) is 26.5 Å². The average molecular weight is 232 g/mol. The highest BCUT2D eigenvalue weighted by Gasteiger charge is 2.07. The lowest BCUT2D eigenvalue weighted by molar-refractivity contribution is -0.867. The van der Waals surface area contributed by atoms with Crippen molar-refractivity contribution < 1.29 is 9.28 Å². The number of carbonyl (C=O) groups is 1. The number of rotatable bonds is 7. The fraction of sp³-hybridized carbons (Fsp3) is 0.818. The maximum absolute atomic E-state index is 11.2. The highest BCUT2D eigenvalue weighted by Crippen LogP contribution is 2.04. The molecule has 1 amide bonds. The molecule has 0 bridgehead atoms. The van der Waals surface area contributed by atoms with Gasteiger partial charge in [0.15, 0.2) is 0 Å². The van der Waals surface area contributed by atoms with Gasteiger partial charge in [-0.15, -0.1) is 0 Å². The molecule has 89 valence electrons. The molecule has 0 rings (SSSR count). The Labute approximate surface area is 98.2 Å². The van der Waals surface area contributed by atoms with Gasteiger partial charge in [0.1, 0.15) is 0 Å². The van der Waals surface area contributed by atoms with Crippen LogP contribution < -0.4 is 5.32 Å². The number of hydrogen-bond donors (Lipinski definition) is 1. The van der Waals surface area contributed by atoms with Gasteiger partial charge in [0.25, 0.3) is 0 Å². The third kappa shape index (κ3) is 11.7. The van der Waals surface area contributed by atoms with E-state index in [1.165, 1.54) is 0 Å². The summed E-state index contributed by atoms with van der Waals surface area (Å²) in [5.41, 5.74) is 0. The van der Waals surface area contributed by atoms with Gasteiger partial charge in [-0.1, -0.05) is 0 Å². The Morgan fingerprint density at radius 2 is 2.00 bits per heavy atom. The van der Waals surface area contributed by atoms with E-state index in [-0.39, 0.29) is 11.9 Å². The van der Waals surface area contributed by atoms with Gasteiger partial charge in [0.2, 0.25) is 5.91 Å². The van der Waals surface area contributed by atoms with E-state index in [4.69, 9.17) is 0 Å². The molecular formula is C11H24N2OS+. The highest BCUT2D eigenvalue weighted by atomic mass is 32.2. The van der Waals surface area contributed by atoms with Crippen molar-refractivity contribution in [3.63, 3.8) is 0 Å². The van der Waals surface area contributed by atoms with Crippen molar-refractivity contribution in [2.45, 2.75) is 19.9 Å². The van der Waals surface area contributed by atoms with Gasteiger partial charge in [-0.3, -0.25) is 4.79 Å². The fourth-order valence-corrected chi connectivity index (χ4v) is 2.01. The predicted molar refractivity (Wildman–Crippen MR) is 67.8 cm³/mol. The molecule has 0 spiro atoms. The van der Waals surface area contributed by atoms with Crippen molar-refractivity contribution in [2.75, 3.05) is 39.2 Å². The SMILES string of the molecule is CC(C)NC(=O)[CH]CSCC[N+](C)(C)C. The molecule has 0 aromatic rings. The summed E-state index contributed by atoms with van der Waals surface area (Å²) in [4.78, 5) is 11.2. The molecule has 0 aliphatic rings. The molecule has 1 radical (unpaired) electrons. The summed E-state index contributed by atoms with van der Waals surface area (Å²) >= 11 is 1.80. The molecule has 0 heterocycles. The van der Waals surface area contributed by atoms with Gasteiger partial charge < -0.3 is 9.80 Å². The smallest absolute Gasteiger partial charge is 0.224 e. The van der Waals surface area contributed by atoms with Crippen LogP contribution in [0, 0.1) is 6.42 Å². The van der Waals surface area contributed by atoms with Crippen LogP contribution >= 0.6 is 11.8 Å². The van der Waals surface area contributed by atoms with Gasteiger partial charge in [-0.2, -0.15) is 11.8 Å². The van der Waals surface area contributed by atoms with Crippen LogP contribution in [-0.2, 0) is 4.79 Å². The topological polar surface area (TPSA) is 29.1 Å². The zero-order valence-corrected chi connectivity index (χ0v) is 11.4. The number of nitrogens with one attached hydrogen (secondary N) is 1. The molecule has 1 N–H and O–H groups in total. The summed E-state index contributed by atoms with van der Waals surface area (Å²) in [6.45, 7) is 5.07. The van der Waals surface area contributed by atoms with E-state index in [0.717, 1.165) is 22.5 Å². The lowest BCUT2D eigenvalue weighted by Crippen LogP contribution is -2.36. The van der Waals surface area contributed by atoms with E-state index in [0.29, 0.717) is 0 Å². The average Bonchev–Trinajstić information content (AvgIpc) is 1.99. The number of hydrogen-bond acceptors (Lipinski definition) is 2. The van der Waals surface area contributed by atoms with Crippen LogP contribution in [0.3, 0.4) is 0 Å². The lowest BCUT2D eigenvalue weighted by Gasteiger charge is -2.23. The number of nitrogens with zero attached hydrogens (tertiary/aromatic N) is 1. The second-order valence-electron chi connectivity index (χ2n) is 4.96. The molecule has 3 nitrogen and oxygen atoms in total. The molecule has 0 aliphatic heterocycles. The van der Waals surface area contributed by atoms with Crippen LogP contribution in [-0.4, -0.2) is 55.6 Å². The van der Waals surface area contributed by atoms with Crippen LogP contribution in [0.25, 0.3) is 0 Å². The Bertz CT molecular complexity index is 188. The maximum Gasteiger partial charge on any atom is 0.224 e. The Kier molecular flexibility index (Phi) is 7.02. The number of amides is 1. The molecule has 0 unspecified atom stereocenters. The fourth-order valence-electron chi connectivity index (χ4n) is 0.900. The lowest BCUT2D eigenvalue weighted by atomic mass is 10.3. The van der Waals surface area contributed by atoms with Gasteiger partial charge in [-0.05, 0) is 13.8 Å². The summed E-state index contributed by atoms with van der Waals surface area (Å²) < 4.78 is 0.977. The minimum atomic E-state index is 0.0442. The minimum Gasteiger partial charge on any atom is -0.354 e. The molecule has 4 heteroatoms. The zero-order valence-electron chi connectivity index (χ0n) is 10.5. The summed E-state index contributed by atoms with van der Waals surface area (Å²) in [5, 5.41) is 2.84. The first-order chi connectivity index (χ1) is 6.81. The summed E-state index contributed by atoms with van der Waals surface area (Å²) in [7, 11) is 6.53. The van der Waals surface area contributed by atoms with Gasteiger partial charge >= 0.3 is 0 Å². The second-order valence-corrected chi connectivity index (χ2v) is 6.11. The largest absolute Gasteiger partial charge is 0.354 e. The Morgan fingerprint density at radius 1 is 1.40 bits per heavy atom. The molecule has 0 aromatic carbocycles. The van der Waals surface area contributed by atoms with Crippen LogP contribution in [0.1, 0.15) is 13.8 Å². The third-order valence-electron chi connectivity index (χ3n) is 1.72. The van der Waals surface area contributed by atoms with Crippen LogP contribution in [0.4, 0.5) is 0 Å². The van der Waals surface area contributed by atoms with E-state index in [1.807, 2.05) is 13.8 Å². The van der Waals surface area contributed by atoms with Crippen molar-refractivity contribution in [3.05, 3.63) is 6.42 Å². The summed E-state index contributed by atoms with van der Waals surface area (Å²) in [6.07, 6.45) is 1.72. The van der Waals surface area contributed by atoms with Crippen LogP contribution in [0.5, 0.6) is 0 Å². The maximum atomic E-state index is 11.2. The monoisotopic (exact) mass is 232 g/mol. The zero-order chi connectivity index (χ0) is 11.9. The van der Waals surface area contributed by atoms with Gasteiger partial charge in [0.05, 0.1) is 34.1 Å². The van der Waals surface area contributed by atoms with Crippen LogP contribution in [0.2, 0.25) is 0 Å². The van der Waals surface area contributed by atoms with Crippen molar-refractivity contribution in [1.29, 1.82) is 0 Å². The van der Waals surface area contributed by atoms with E-state index < -0.39 is 0 Å². The normalized spacial score (nSPS) is 11.9. The number of carbonyl (C=O) groups excluding carboxylic acids is 1. The third-order valence-corrected chi connectivity index (χ3v) is 2.60. The van der Waals surface area contributed by atoms with Crippen LogP contribution in [0.15, 0.2) is 0 Å². The molecule has 0 aliphatic carbocycles. The van der Waals surface area contributed by atoms with Gasteiger partial charge in [-0.25, -0.2) is 0 Å². The van der Waals surface area contributed by atoms with E-state index in [1.54, 1.807) is 18.2 Å². The number of thioether (sulfide) groups is 1. The molecule has 0 saturated heterocycles. The molecule has 0 fully saturated rings. The molecule has 0 atom stereocenters. The van der Waals surface area contributed by atoms with E-state index in [9.17, 15) is 4.79 Å². The molecule has 0 aromatic heterocycles. The first-order valence-electron chi connectivity index (χ1n) is 5.33. The molecule has 15 heavy (non-hydrogen) atoms. The quantitative estimate of drug-likeness (QED) is 0.527. The summed E-state index contributed by atoms with van der Waals surface area (Å²) in [6, 6.07) is 0.227.